The van der Waals surface area contributed by atoms with Crippen LogP contribution in [0.25, 0.3) is 0 Å². The molecule has 0 saturated heterocycles. The zero-order valence-electron chi connectivity index (χ0n) is 10.5. The van der Waals surface area contributed by atoms with Crippen molar-refractivity contribution in [1.82, 2.24) is 0 Å². The Bertz CT molecular complexity index is 377. The fourth-order valence-corrected chi connectivity index (χ4v) is 1.74. The van der Waals surface area contributed by atoms with Crippen LogP contribution in [-0.2, 0) is 4.79 Å². The Morgan fingerprint density at radius 2 is 2.06 bits per heavy atom. The summed E-state index contributed by atoms with van der Waals surface area (Å²) in [5, 5.41) is 8.76. The van der Waals surface area contributed by atoms with Crippen LogP contribution < -0.4 is 9.64 Å². The van der Waals surface area contributed by atoms with E-state index < -0.39 is 5.97 Å². The molecule has 0 bridgehead atoms. The van der Waals surface area contributed by atoms with E-state index in [-0.39, 0.29) is 12.5 Å². The van der Waals surface area contributed by atoms with Crippen LogP contribution in [0, 0.1) is 0 Å². The van der Waals surface area contributed by atoms with Gasteiger partial charge in [-0.2, -0.15) is 0 Å². The molecule has 0 saturated carbocycles. The number of carboxylic acid groups (broad SMARTS) is 1. The molecule has 0 aromatic heterocycles. The van der Waals surface area contributed by atoms with Crippen molar-refractivity contribution in [1.29, 1.82) is 0 Å². The molecule has 0 heterocycles. The van der Waals surface area contributed by atoms with Crippen LogP contribution in [0.15, 0.2) is 24.3 Å². The van der Waals surface area contributed by atoms with Crippen molar-refractivity contribution < 1.29 is 14.6 Å². The maximum Gasteiger partial charge on any atom is 0.305 e. The molecule has 0 aliphatic carbocycles. The van der Waals surface area contributed by atoms with E-state index in [0.717, 1.165) is 11.4 Å². The van der Waals surface area contributed by atoms with Crippen LogP contribution in [-0.4, -0.2) is 30.8 Å². The topological polar surface area (TPSA) is 49.8 Å². The van der Waals surface area contributed by atoms with Gasteiger partial charge in [0.05, 0.1) is 19.2 Å². The van der Waals surface area contributed by atoms with Gasteiger partial charge in [0.25, 0.3) is 0 Å². The van der Waals surface area contributed by atoms with Gasteiger partial charge >= 0.3 is 5.97 Å². The first-order chi connectivity index (χ1) is 8.06. The Balaban J connectivity index is 2.92. The minimum absolute atomic E-state index is 0.121. The van der Waals surface area contributed by atoms with Gasteiger partial charge in [-0.25, -0.2) is 0 Å². The number of anilines is 1. The van der Waals surface area contributed by atoms with Crippen molar-refractivity contribution in [3.63, 3.8) is 0 Å². The third-order valence-corrected chi connectivity index (χ3v) is 2.58. The molecule has 0 amide bonds. The average Bonchev–Trinajstić information content (AvgIpc) is 2.29. The first kappa shape index (κ1) is 13.4. The summed E-state index contributed by atoms with van der Waals surface area (Å²) in [5.41, 5.74) is 0.936. The molecule has 0 fully saturated rings. The van der Waals surface area contributed by atoms with Crippen LogP contribution in [0.2, 0.25) is 0 Å². The van der Waals surface area contributed by atoms with Gasteiger partial charge in [0.1, 0.15) is 5.75 Å². The number of hydrogen-bond acceptors (Lipinski definition) is 3. The summed E-state index contributed by atoms with van der Waals surface area (Å²) >= 11 is 0. The monoisotopic (exact) mass is 237 g/mol. The Kier molecular flexibility index (Phi) is 4.82. The number of methoxy groups -OCH3 is 1. The van der Waals surface area contributed by atoms with E-state index in [1.165, 1.54) is 0 Å². The normalized spacial score (nSPS) is 10.4. The fourth-order valence-electron chi connectivity index (χ4n) is 1.74. The Morgan fingerprint density at radius 3 is 2.59 bits per heavy atom. The van der Waals surface area contributed by atoms with Crippen LogP contribution >= 0.6 is 0 Å². The van der Waals surface area contributed by atoms with E-state index in [1.54, 1.807) is 7.11 Å². The number of carboxylic acids is 1. The van der Waals surface area contributed by atoms with Crippen molar-refractivity contribution in [3.05, 3.63) is 24.3 Å². The quantitative estimate of drug-likeness (QED) is 0.825. The maximum atomic E-state index is 10.7. The van der Waals surface area contributed by atoms with Gasteiger partial charge in [0.15, 0.2) is 0 Å². The van der Waals surface area contributed by atoms with Gasteiger partial charge in [-0.15, -0.1) is 0 Å². The first-order valence-electron chi connectivity index (χ1n) is 5.67. The lowest BCUT2D eigenvalue weighted by Gasteiger charge is -2.29. The number of benzene rings is 1. The number of nitrogens with zero attached hydrogens (tertiary/aromatic N) is 1. The van der Waals surface area contributed by atoms with Crippen molar-refractivity contribution in [2.75, 3.05) is 18.6 Å². The minimum Gasteiger partial charge on any atom is -0.495 e. The molecule has 4 nitrogen and oxygen atoms in total. The highest BCUT2D eigenvalue weighted by Gasteiger charge is 2.15. The highest BCUT2D eigenvalue weighted by atomic mass is 16.5. The molecule has 1 aromatic carbocycles. The highest BCUT2D eigenvalue weighted by Crippen LogP contribution is 2.29. The van der Waals surface area contributed by atoms with Crippen molar-refractivity contribution in [2.24, 2.45) is 0 Å². The molecule has 0 aliphatic heterocycles. The predicted molar refractivity (Wildman–Crippen MR) is 67.7 cm³/mol. The summed E-state index contributed by atoms with van der Waals surface area (Å²) in [4.78, 5) is 12.7. The van der Waals surface area contributed by atoms with Gasteiger partial charge < -0.3 is 14.7 Å². The van der Waals surface area contributed by atoms with E-state index in [1.807, 2.05) is 43.0 Å². The van der Waals surface area contributed by atoms with E-state index in [2.05, 4.69) is 0 Å². The fraction of sp³-hybridized carbons (Fsp3) is 0.462. The number of carbonyl (C=O) groups is 1. The molecule has 0 aliphatic rings. The second-order valence-electron chi connectivity index (χ2n) is 4.10. The number of rotatable bonds is 6. The second-order valence-corrected chi connectivity index (χ2v) is 4.10. The molecule has 94 valence electrons. The van der Waals surface area contributed by atoms with Crippen LogP contribution in [0.4, 0.5) is 5.69 Å². The van der Waals surface area contributed by atoms with Crippen LogP contribution in [0.5, 0.6) is 5.75 Å². The standard InChI is InChI=1S/C13H19NO3/c1-10(2)14(9-8-13(15)16)11-6-4-5-7-12(11)17-3/h4-7,10H,8-9H2,1-3H3,(H,15,16). The van der Waals surface area contributed by atoms with Crippen molar-refractivity contribution >= 4 is 11.7 Å². The van der Waals surface area contributed by atoms with Gasteiger partial charge in [-0.05, 0) is 26.0 Å². The van der Waals surface area contributed by atoms with Gasteiger partial charge in [-0.1, -0.05) is 12.1 Å². The molecular formula is C13H19NO3. The first-order valence-corrected chi connectivity index (χ1v) is 5.67. The van der Waals surface area contributed by atoms with Gasteiger partial charge in [-0.3, -0.25) is 4.79 Å². The average molecular weight is 237 g/mol. The van der Waals surface area contributed by atoms with Crippen molar-refractivity contribution in [3.8, 4) is 5.75 Å². The second kappa shape index (κ2) is 6.13. The smallest absolute Gasteiger partial charge is 0.305 e. The van der Waals surface area contributed by atoms with E-state index in [0.29, 0.717) is 6.54 Å². The summed E-state index contributed by atoms with van der Waals surface area (Å²) in [7, 11) is 1.62. The molecule has 1 aromatic rings. The maximum absolute atomic E-state index is 10.7. The summed E-state index contributed by atoms with van der Waals surface area (Å²) in [6.07, 6.45) is 0.121. The zero-order valence-corrected chi connectivity index (χ0v) is 10.5. The van der Waals surface area contributed by atoms with Crippen LogP contribution in [0.3, 0.4) is 0 Å². The lowest BCUT2D eigenvalue weighted by Crippen LogP contribution is -2.33. The lowest BCUT2D eigenvalue weighted by molar-refractivity contribution is -0.136. The molecule has 1 N–H and O–H groups in total. The SMILES string of the molecule is COc1ccccc1N(CCC(=O)O)C(C)C. The molecule has 1 rings (SSSR count). The summed E-state index contributed by atoms with van der Waals surface area (Å²) in [5.74, 6) is -0.0165. The van der Waals surface area contributed by atoms with E-state index >= 15 is 0 Å². The van der Waals surface area contributed by atoms with Gasteiger partial charge in [0.2, 0.25) is 0 Å². The van der Waals surface area contributed by atoms with E-state index in [4.69, 9.17) is 9.84 Å². The van der Waals surface area contributed by atoms with Gasteiger partial charge in [0, 0.05) is 12.6 Å². The summed E-state index contributed by atoms with van der Waals surface area (Å²) in [6, 6.07) is 7.88. The molecule has 0 unspecified atom stereocenters. The number of para-hydroxylation sites is 2. The highest BCUT2D eigenvalue weighted by molar-refractivity contribution is 5.68. The Labute approximate surface area is 102 Å². The predicted octanol–water partition coefficient (Wildman–Crippen LogP) is 2.38. The number of ether oxygens (including phenoxy) is 1. The Hall–Kier alpha value is -1.71. The molecule has 0 radical (unpaired) electrons. The zero-order chi connectivity index (χ0) is 12.8. The number of hydrogen-bond donors (Lipinski definition) is 1. The molecule has 17 heavy (non-hydrogen) atoms. The summed E-state index contributed by atoms with van der Waals surface area (Å²) in [6.45, 7) is 4.55. The summed E-state index contributed by atoms with van der Waals surface area (Å²) < 4.78 is 5.29. The van der Waals surface area contributed by atoms with E-state index in [9.17, 15) is 4.79 Å². The molecular weight excluding hydrogens is 218 g/mol. The number of aliphatic carboxylic acids is 1. The molecule has 4 heteroatoms. The molecule has 0 atom stereocenters. The lowest BCUT2D eigenvalue weighted by atomic mass is 10.2. The third kappa shape index (κ3) is 3.66. The molecule has 0 spiro atoms. The van der Waals surface area contributed by atoms with Crippen molar-refractivity contribution in [2.45, 2.75) is 26.3 Å². The Morgan fingerprint density at radius 1 is 1.41 bits per heavy atom. The minimum atomic E-state index is -0.787. The van der Waals surface area contributed by atoms with Crippen LogP contribution in [0.1, 0.15) is 20.3 Å². The largest absolute Gasteiger partial charge is 0.495 e. The third-order valence-electron chi connectivity index (χ3n) is 2.58.